The second-order valence-corrected chi connectivity index (χ2v) is 8.09. The van der Waals surface area contributed by atoms with Gasteiger partial charge in [-0.05, 0) is 23.3 Å². The Morgan fingerprint density at radius 1 is 0.722 bits per heavy atom. The molecule has 3 aromatic rings. The van der Waals surface area contributed by atoms with Crippen LogP contribution in [0.25, 0.3) is 0 Å². The van der Waals surface area contributed by atoms with Crippen LogP contribution in [0.2, 0.25) is 0 Å². The molecule has 0 N–H and O–H groups in total. The van der Waals surface area contributed by atoms with Crippen LogP contribution in [0.4, 0.5) is 26.3 Å². The molecule has 0 saturated heterocycles. The summed E-state index contributed by atoms with van der Waals surface area (Å²) in [6.07, 6.45) is -11.9. The Hall–Kier alpha value is -3.82. The van der Waals surface area contributed by atoms with Crippen LogP contribution in [0.5, 0.6) is 5.75 Å². The molecule has 36 heavy (non-hydrogen) atoms. The zero-order valence-electron chi connectivity index (χ0n) is 19.0. The molecule has 10 heteroatoms. The number of halogens is 6. The summed E-state index contributed by atoms with van der Waals surface area (Å²) >= 11 is 0. The minimum absolute atomic E-state index is 0.0603. The third-order valence-corrected chi connectivity index (χ3v) is 5.65. The van der Waals surface area contributed by atoms with Gasteiger partial charge in [0.15, 0.2) is 0 Å². The van der Waals surface area contributed by atoms with Crippen LogP contribution in [0.15, 0.2) is 94.9 Å². The van der Waals surface area contributed by atoms with E-state index < -0.39 is 29.7 Å². The highest BCUT2D eigenvalue weighted by Crippen LogP contribution is 2.49. The number of nitrogens with zero attached hydrogens (tertiary/aromatic N) is 3. The number of rotatable bonds is 6. The van der Waals surface area contributed by atoms with Crippen molar-refractivity contribution in [3.8, 4) is 5.75 Å². The highest BCUT2D eigenvalue weighted by Gasteiger charge is 2.73. The maximum Gasteiger partial charge on any atom is 0.443 e. The number of benzene rings is 3. The van der Waals surface area contributed by atoms with Crippen molar-refractivity contribution in [1.29, 1.82) is 0 Å². The average molecular weight is 505 g/mol. The van der Waals surface area contributed by atoms with Crippen LogP contribution in [-0.4, -0.2) is 41.7 Å². The number of hydrogen-bond acceptors (Lipinski definition) is 4. The van der Waals surface area contributed by atoms with Crippen molar-refractivity contribution in [3.63, 3.8) is 0 Å². The largest absolute Gasteiger partial charge is 0.497 e. The predicted octanol–water partition coefficient (Wildman–Crippen LogP) is 6.42. The summed E-state index contributed by atoms with van der Waals surface area (Å²) in [5.41, 5.74) is -3.41. The van der Waals surface area contributed by atoms with Gasteiger partial charge in [-0.3, -0.25) is 0 Å². The van der Waals surface area contributed by atoms with E-state index in [4.69, 9.17) is 4.74 Å². The van der Waals surface area contributed by atoms with E-state index in [0.29, 0.717) is 16.9 Å². The van der Waals surface area contributed by atoms with Crippen LogP contribution >= 0.6 is 0 Å². The molecule has 0 fully saturated rings. The zero-order valence-corrected chi connectivity index (χ0v) is 19.0. The van der Waals surface area contributed by atoms with Gasteiger partial charge < -0.3 is 9.64 Å². The molecule has 3 aromatic carbocycles. The second kappa shape index (κ2) is 9.67. The molecule has 0 aliphatic carbocycles. The maximum absolute atomic E-state index is 14.2. The summed E-state index contributed by atoms with van der Waals surface area (Å²) in [5.74, 6) is -0.316. The summed E-state index contributed by atoms with van der Waals surface area (Å²) in [6, 6.07) is 22.4. The third kappa shape index (κ3) is 4.93. The minimum Gasteiger partial charge on any atom is -0.497 e. The molecular weight excluding hydrogens is 484 g/mol. The smallest absolute Gasteiger partial charge is 0.443 e. The summed E-state index contributed by atoms with van der Waals surface area (Å²) in [4.78, 5) is 7.93. The number of aliphatic imine (C=N–C) groups is 2. The van der Waals surface area contributed by atoms with Gasteiger partial charge in [-0.25, -0.2) is 9.98 Å². The van der Waals surface area contributed by atoms with Gasteiger partial charge in [-0.1, -0.05) is 72.8 Å². The molecule has 0 radical (unpaired) electrons. The Kier molecular flexibility index (Phi) is 6.79. The topological polar surface area (TPSA) is 37.2 Å². The first-order valence-electron chi connectivity index (χ1n) is 10.9. The van der Waals surface area contributed by atoms with Gasteiger partial charge in [0.25, 0.3) is 0 Å². The van der Waals surface area contributed by atoms with Gasteiger partial charge >= 0.3 is 18.0 Å². The van der Waals surface area contributed by atoms with Gasteiger partial charge in [0.2, 0.25) is 0 Å². The summed E-state index contributed by atoms with van der Waals surface area (Å²) in [6.45, 7) is -0.0603. The van der Waals surface area contributed by atoms with Crippen LogP contribution in [0.1, 0.15) is 16.7 Å². The maximum atomic E-state index is 14.2. The zero-order chi connectivity index (χ0) is 26.0. The number of methoxy groups -OCH3 is 1. The quantitative estimate of drug-likeness (QED) is 0.363. The highest BCUT2D eigenvalue weighted by molar-refractivity contribution is 6.11. The molecule has 0 bridgehead atoms. The first-order chi connectivity index (χ1) is 17.0. The van der Waals surface area contributed by atoms with Crippen molar-refractivity contribution in [1.82, 2.24) is 4.90 Å². The lowest BCUT2D eigenvalue weighted by molar-refractivity contribution is -0.293. The summed E-state index contributed by atoms with van der Waals surface area (Å²) in [7, 11) is 1.48. The van der Waals surface area contributed by atoms with Crippen molar-refractivity contribution in [3.05, 3.63) is 102 Å². The number of hydrogen-bond donors (Lipinski definition) is 0. The SMILES string of the molecule is COc1ccc(CN2C(Cc3ccccc3)=NC(C(F)(F)F)(C(F)(F)F)N=C2c2ccccc2)cc1. The van der Waals surface area contributed by atoms with E-state index in [1.807, 2.05) is 0 Å². The van der Waals surface area contributed by atoms with E-state index in [1.54, 1.807) is 60.7 Å². The van der Waals surface area contributed by atoms with E-state index in [1.165, 1.54) is 36.3 Å². The second-order valence-electron chi connectivity index (χ2n) is 8.09. The first-order valence-corrected chi connectivity index (χ1v) is 10.9. The Morgan fingerprint density at radius 3 is 1.81 bits per heavy atom. The van der Waals surface area contributed by atoms with E-state index in [9.17, 15) is 26.3 Å². The van der Waals surface area contributed by atoms with Gasteiger partial charge in [0.05, 0.1) is 13.7 Å². The van der Waals surface area contributed by atoms with Crippen LogP contribution in [0, 0.1) is 0 Å². The molecule has 0 unspecified atom stereocenters. The average Bonchev–Trinajstić information content (AvgIpc) is 2.85. The van der Waals surface area contributed by atoms with Crippen molar-refractivity contribution in [2.75, 3.05) is 7.11 Å². The highest BCUT2D eigenvalue weighted by atomic mass is 19.4. The molecule has 1 aliphatic rings. The molecule has 4 rings (SSSR count). The van der Waals surface area contributed by atoms with Crippen LogP contribution in [-0.2, 0) is 13.0 Å². The predicted molar refractivity (Wildman–Crippen MR) is 124 cm³/mol. The van der Waals surface area contributed by atoms with Gasteiger partial charge in [0.1, 0.15) is 17.4 Å². The van der Waals surface area contributed by atoms with Crippen molar-refractivity contribution >= 4 is 11.7 Å². The number of alkyl halides is 6. The standard InChI is InChI=1S/C26H21F6N3O/c1-36-21-14-12-19(13-15-21)17-35-22(16-18-8-4-2-5-9-18)33-24(25(27,28)29,26(30,31)32)34-23(35)20-10-6-3-7-11-20/h2-15H,16-17H2,1H3. The van der Waals surface area contributed by atoms with E-state index in [0.717, 1.165) is 0 Å². The van der Waals surface area contributed by atoms with Gasteiger partial charge in [-0.2, -0.15) is 26.3 Å². The molecule has 188 valence electrons. The van der Waals surface area contributed by atoms with Gasteiger partial charge in [-0.15, -0.1) is 0 Å². The van der Waals surface area contributed by atoms with Crippen LogP contribution in [0.3, 0.4) is 0 Å². The molecule has 1 aliphatic heterocycles. The Morgan fingerprint density at radius 2 is 1.28 bits per heavy atom. The molecule has 4 nitrogen and oxygen atoms in total. The monoisotopic (exact) mass is 505 g/mol. The van der Waals surface area contributed by atoms with Crippen molar-refractivity contribution in [2.24, 2.45) is 9.98 Å². The lowest BCUT2D eigenvalue weighted by Gasteiger charge is -2.39. The Bertz CT molecular complexity index is 1220. The fourth-order valence-corrected chi connectivity index (χ4v) is 3.82. The number of ether oxygens (including phenoxy) is 1. The molecule has 0 spiro atoms. The molecule has 0 aromatic heterocycles. The van der Waals surface area contributed by atoms with Crippen LogP contribution < -0.4 is 4.74 Å². The Balaban J connectivity index is 1.92. The van der Waals surface area contributed by atoms with Gasteiger partial charge in [0, 0.05) is 12.0 Å². The molecule has 0 saturated carbocycles. The van der Waals surface area contributed by atoms with Crippen molar-refractivity contribution < 1.29 is 31.1 Å². The fraction of sp³-hybridized carbons (Fsp3) is 0.231. The minimum atomic E-state index is -5.82. The molecular formula is C26H21F6N3O. The first kappa shape index (κ1) is 25.3. The van der Waals surface area contributed by atoms with Crippen molar-refractivity contribution in [2.45, 2.75) is 31.0 Å². The summed E-state index contributed by atoms with van der Waals surface area (Å²) < 4.78 is 90.1. The van der Waals surface area contributed by atoms with E-state index in [2.05, 4.69) is 9.98 Å². The van der Waals surface area contributed by atoms with E-state index in [-0.39, 0.29) is 18.5 Å². The normalized spacial score (nSPS) is 15.8. The lowest BCUT2D eigenvalue weighted by Crippen LogP contribution is -2.59. The fourth-order valence-electron chi connectivity index (χ4n) is 3.82. The molecule has 1 heterocycles. The number of amidine groups is 2. The molecule has 0 atom stereocenters. The molecule has 0 amide bonds. The third-order valence-electron chi connectivity index (χ3n) is 5.65. The van der Waals surface area contributed by atoms with E-state index >= 15 is 0 Å². The lowest BCUT2D eigenvalue weighted by atomic mass is 10.0. The summed E-state index contributed by atoms with van der Waals surface area (Å²) in [5, 5.41) is 0. The Labute approximate surface area is 203 Å².